The normalized spacial score (nSPS) is 32.8. The number of amides is 1. The fourth-order valence-corrected chi connectivity index (χ4v) is 5.96. The molecule has 0 aromatic rings. The minimum absolute atomic E-state index is 0. The number of nitrogens with zero attached hydrogens (tertiary/aromatic N) is 1. The van der Waals surface area contributed by atoms with Crippen molar-refractivity contribution in [2.75, 3.05) is 20.1 Å². The van der Waals surface area contributed by atoms with Gasteiger partial charge in [-0.05, 0) is 33.4 Å². The number of halogens is 1. The van der Waals surface area contributed by atoms with Gasteiger partial charge in [-0.2, -0.15) is 0 Å². The predicted molar refractivity (Wildman–Crippen MR) is 113 cm³/mol. The van der Waals surface area contributed by atoms with E-state index in [-0.39, 0.29) is 52.7 Å². The number of aliphatic carboxylic acids is 1. The van der Waals surface area contributed by atoms with Gasteiger partial charge in [0.1, 0.15) is 5.70 Å². The molecule has 0 aliphatic carbocycles. The lowest BCUT2D eigenvalue weighted by atomic mass is 9.79. The summed E-state index contributed by atoms with van der Waals surface area (Å²) in [6.45, 7) is 4.94. The smallest absolute Gasteiger partial charge is 0.353 e. The van der Waals surface area contributed by atoms with Crippen LogP contribution in [0.4, 0.5) is 0 Å². The molecule has 0 radical (unpaired) electrons. The molecular formula is C18H32ClN3O6S. The van der Waals surface area contributed by atoms with Crippen molar-refractivity contribution in [1.82, 2.24) is 15.5 Å². The summed E-state index contributed by atoms with van der Waals surface area (Å²) in [6, 6.07) is -0.289. The van der Waals surface area contributed by atoms with Gasteiger partial charge in [0, 0.05) is 28.7 Å². The number of thioether (sulfide) groups is 1. The number of carbonyl (C=O) groups is 2. The summed E-state index contributed by atoms with van der Waals surface area (Å²) in [4.78, 5) is 26.3. The molecule has 29 heavy (non-hydrogen) atoms. The molecule has 0 aromatic heterocycles. The van der Waals surface area contributed by atoms with Gasteiger partial charge < -0.3 is 36.3 Å². The summed E-state index contributed by atoms with van der Waals surface area (Å²) >= 11 is 1.50. The quantitative estimate of drug-likeness (QED) is 0.298. The standard InChI is InChI=1S/C18H29N3O5S.ClH.H2O/c1-8-14-13(9(2)22)17(24)21(14)15(18(25)26)16(8)27-10-6-11(20-7-10)12(23)4-5-19-3;;/h8-14,19-20,22-23H,4-7H2,1-3H3,(H,25,26);1H;1H2/t8-,9-,10-,11+,12-,13-,14-;;/m1../s1. The van der Waals surface area contributed by atoms with Gasteiger partial charge in [-0.15, -0.1) is 24.2 Å². The van der Waals surface area contributed by atoms with Gasteiger partial charge in [-0.1, -0.05) is 6.92 Å². The zero-order valence-corrected chi connectivity index (χ0v) is 18.4. The molecule has 0 saturated carbocycles. The maximum atomic E-state index is 12.4. The average molecular weight is 454 g/mol. The van der Waals surface area contributed by atoms with Crippen molar-refractivity contribution in [3.8, 4) is 0 Å². The number of carboxylic acids is 1. The van der Waals surface area contributed by atoms with Crippen molar-refractivity contribution >= 4 is 36.0 Å². The molecule has 168 valence electrons. The number of carboxylic acid groups (broad SMARTS) is 1. The SMILES string of the molecule is CNCC[C@@H](O)[C@@H]1C[C@@H](SC2=C(C(=O)O)N3C(=O)[C@H]([C@@H](C)O)[C@H]3[C@H]2C)CN1.Cl.O. The molecule has 2 fully saturated rings. The van der Waals surface area contributed by atoms with Crippen LogP contribution in [-0.2, 0) is 9.59 Å². The number of aliphatic hydroxyl groups is 2. The lowest BCUT2D eigenvalue weighted by molar-refractivity contribution is -0.163. The van der Waals surface area contributed by atoms with Gasteiger partial charge in [0.2, 0.25) is 5.91 Å². The van der Waals surface area contributed by atoms with Crippen LogP contribution in [0.3, 0.4) is 0 Å². The Labute approximate surface area is 181 Å². The minimum Gasteiger partial charge on any atom is -0.477 e. The Balaban J connectivity index is 0.00000210. The molecule has 7 atom stereocenters. The van der Waals surface area contributed by atoms with E-state index in [1.807, 2.05) is 14.0 Å². The number of carbonyl (C=O) groups excluding carboxylic acids is 1. The molecule has 3 heterocycles. The molecule has 3 aliphatic heterocycles. The Morgan fingerprint density at radius 2 is 2.07 bits per heavy atom. The number of nitrogens with one attached hydrogen (secondary N) is 2. The number of aliphatic hydroxyl groups excluding tert-OH is 2. The van der Waals surface area contributed by atoms with E-state index in [2.05, 4.69) is 10.6 Å². The van der Waals surface area contributed by atoms with Gasteiger partial charge >= 0.3 is 5.97 Å². The van der Waals surface area contributed by atoms with Crippen LogP contribution in [-0.4, -0.2) is 87.3 Å². The van der Waals surface area contributed by atoms with Crippen molar-refractivity contribution in [2.45, 2.75) is 56.2 Å². The third kappa shape index (κ3) is 4.73. The first-order valence-electron chi connectivity index (χ1n) is 9.49. The zero-order valence-electron chi connectivity index (χ0n) is 16.8. The van der Waals surface area contributed by atoms with E-state index in [0.717, 1.165) is 13.0 Å². The highest BCUT2D eigenvalue weighted by atomic mass is 35.5. The summed E-state index contributed by atoms with van der Waals surface area (Å²) in [5.74, 6) is -2.06. The van der Waals surface area contributed by atoms with Gasteiger partial charge in [-0.25, -0.2) is 4.79 Å². The van der Waals surface area contributed by atoms with E-state index in [9.17, 15) is 24.9 Å². The molecule has 9 nitrogen and oxygen atoms in total. The van der Waals surface area contributed by atoms with Gasteiger partial charge in [-0.3, -0.25) is 4.79 Å². The highest BCUT2D eigenvalue weighted by Crippen LogP contribution is 2.51. The first kappa shape index (κ1) is 26.2. The maximum absolute atomic E-state index is 12.4. The van der Waals surface area contributed by atoms with Crippen molar-refractivity contribution in [3.63, 3.8) is 0 Å². The number of β-lactam (4-membered cyclic amide) rings is 1. The Hall–Kier alpha value is -0.880. The largest absolute Gasteiger partial charge is 0.477 e. The lowest BCUT2D eigenvalue weighted by Gasteiger charge is -2.46. The third-order valence-corrected chi connectivity index (χ3v) is 7.40. The molecule has 0 spiro atoms. The number of fused-ring (bicyclic) bond motifs is 1. The predicted octanol–water partition coefficient (Wildman–Crippen LogP) is -0.829. The van der Waals surface area contributed by atoms with Crippen LogP contribution in [0.5, 0.6) is 0 Å². The molecule has 11 heteroatoms. The van der Waals surface area contributed by atoms with E-state index < -0.39 is 24.1 Å². The molecular weight excluding hydrogens is 422 g/mol. The highest BCUT2D eigenvalue weighted by Gasteiger charge is 2.60. The van der Waals surface area contributed by atoms with Crippen LogP contribution in [0, 0.1) is 11.8 Å². The van der Waals surface area contributed by atoms with Crippen LogP contribution < -0.4 is 10.6 Å². The van der Waals surface area contributed by atoms with E-state index in [1.54, 1.807) is 6.92 Å². The second kappa shape index (κ2) is 10.4. The zero-order chi connectivity index (χ0) is 19.9. The molecule has 3 aliphatic rings. The van der Waals surface area contributed by atoms with Gasteiger partial charge in [0.05, 0.1) is 24.2 Å². The van der Waals surface area contributed by atoms with Crippen molar-refractivity contribution in [2.24, 2.45) is 11.8 Å². The molecule has 2 saturated heterocycles. The Morgan fingerprint density at radius 1 is 1.41 bits per heavy atom. The summed E-state index contributed by atoms with van der Waals surface area (Å²) in [5, 5.41) is 36.4. The van der Waals surface area contributed by atoms with Gasteiger partial charge in [0.15, 0.2) is 0 Å². The topological polar surface area (TPSA) is 154 Å². The second-order valence-corrected chi connectivity index (χ2v) is 9.06. The van der Waals surface area contributed by atoms with E-state index >= 15 is 0 Å². The first-order valence-corrected chi connectivity index (χ1v) is 10.4. The van der Waals surface area contributed by atoms with Crippen LogP contribution in [0.1, 0.15) is 26.7 Å². The Morgan fingerprint density at radius 3 is 2.62 bits per heavy atom. The summed E-state index contributed by atoms with van der Waals surface area (Å²) in [6.07, 6.45) is 0.168. The van der Waals surface area contributed by atoms with Gasteiger partial charge in [0.25, 0.3) is 0 Å². The number of hydrogen-bond donors (Lipinski definition) is 5. The lowest BCUT2D eigenvalue weighted by Crippen LogP contribution is -2.63. The summed E-state index contributed by atoms with van der Waals surface area (Å²) < 4.78 is 0. The van der Waals surface area contributed by atoms with E-state index in [0.29, 0.717) is 17.9 Å². The Kier molecular flexibility index (Phi) is 9.41. The third-order valence-electron chi connectivity index (χ3n) is 5.88. The van der Waals surface area contributed by atoms with Crippen LogP contribution in [0.25, 0.3) is 0 Å². The minimum atomic E-state index is -1.10. The monoisotopic (exact) mass is 453 g/mol. The summed E-state index contributed by atoms with van der Waals surface area (Å²) in [5.41, 5.74) is 0.0681. The fourth-order valence-electron chi connectivity index (χ4n) is 4.47. The Bertz CT molecular complexity index is 649. The molecule has 0 unspecified atom stereocenters. The number of rotatable bonds is 8. The molecule has 0 aromatic carbocycles. The highest BCUT2D eigenvalue weighted by molar-refractivity contribution is 8.03. The second-order valence-electron chi connectivity index (χ2n) is 7.72. The molecule has 0 bridgehead atoms. The van der Waals surface area contributed by atoms with Crippen molar-refractivity contribution in [1.29, 1.82) is 0 Å². The molecule has 1 amide bonds. The maximum Gasteiger partial charge on any atom is 0.353 e. The molecule has 7 N–H and O–H groups in total. The van der Waals surface area contributed by atoms with Crippen LogP contribution >= 0.6 is 24.2 Å². The van der Waals surface area contributed by atoms with Crippen LogP contribution in [0.2, 0.25) is 0 Å². The van der Waals surface area contributed by atoms with E-state index in [4.69, 9.17) is 0 Å². The van der Waals surface area contributed by atoms with Crippen molar-refractivity contribution in [3.05, 3.63) is 10.6 Å². The summed E-state index contributed by atoms with van der Waals surface area (Å²) in [7, 11) is 1.85. The first-order chi connectivity index (χ1) is 12.8. The fraction of sp³-hybridized carbons (Fsp3) is 0.778. The molecule has 3 rings (SSSR count). The van der Waals surface area contributed by atoms with Crippen LogP contribution in [0.15, 0.2) is 10.6 Å². The average Bonchev–Trinajstić information content (AvgIpc) is 3.15. The van der Waals surface area contributed by atoms with E-state index in [1.165, 1.54) is 16.7 Å². The van der Waals surface area contributed by atoms with Crippen molar-refractivity contribution < 1.29 is 30.4 Å². The number of hydrogen-bond acceptors (Lipinski definition) is 7.